The summed E-state index contributed by atoms with van der Waals surface area (Å²) < 4.78 is 1.96. The van der Waals surface area contributed by atoms with E-state index in [1.54, 1.807) is 0 Å². The number of rotatable bonds is 6. The van der Waals surface area contributed by atoms with Crippen LogP contribution in [0.1, 0.15) is 36.7 Å². The Hall–Kier alpha value is -1.61. The molecular weight excluding hydrogens is 258 g/mol. The molecule has 21 heavy (non-hydrogen) atoms. The van der Waals surface area contributed by atoms with Crippen molar-refractivity contribution in [1.29, 1.82) is 0 Å². The Morgan fingerprint density at radius 2 is 2.00 bits per heavy atom. The van der Waals surface area contributed by atoms with Crippen molar-refractivity contribution in [2.45, 2.75) is 40.0 Å². The molecule has 1 atom stereocenters. The van der Waals surface area contributed by atoms with Crippen LogP contribution in [0.5, 0.6) is 0 Å². The zero-order valence-electron chi connectivity index (χ0n) is 13.7. The monoisotopic (exact) mass is 285 g/mol. The molecule has 0 radical (unpaired) electrons. The Kier molecular flexibility index (Phi) is 5.18. The van der Waals surface area contributed by atoms with E-state index in [4.69, 9.17) is 5.73 Å². The summed E-state index contributed by atoms with van der Waals surface area (Å²) in [5, 5.41) is 4.52. The molecule has 0 spiro atoms. The second-order valence-corrected chi connectivity index (χ2v) is 6.09. The van der Waals surface area contributed by atoms with Gasteiger partial charge < -0.3 is 5.73 Å². The lowest BCUT2D eigenvalue weighted by Gasteiger charge is -2.11. The molecule has 1 aromatic heterocycles. The third-order valence-electron chi connectivity index (χ3n) is 4.31. The van der Waals surface area contributed by atoms with E-state index < -0.39 is 0 Å². The molecule has 0 saturated carbocycles. The number of aromatic nitrogens is 2. The second-order valence-electron chi connectivity index (χ2n) is 6.09. The van der Waals surface area contributed by atoms with Crippen LogP contribution in [-0.4, -0.2) is 16.3 Å². The van der Waals surface area contributed by atoms with E-state index in [1.807, 2.05) is 11.7 Å². The summed E-state index contributed by atoms with van der Waals surface area (Å²) in [5.74, 6) is 0.695. The summed E-state index contributed by atoms with van der Waals surface area (Å²) in [4.78, 5) is 0. The lowest BCUT2D eigenvalue weighted by Crippen LogP contribution is -2.06. The van der Waals surface area contributed by atoms with E-state index in [1.165, 1.54) is 28.8 Å². The van der Waals surface area contributed by atoms with Gasteiger partial charge in [-0.3, -0.25) is 4.68 Å². The second kappa shape index (κ2) is 6.90. The van der Waals surface area contributed by atoms with Crippen molar-refractivity contribution in [2.24, 2.45) is 18.7 Å². The largest absolute Gasteiger partial charge is 0.330 e. The summed E-state index contributed by atoms with van der Waals surface area (Å²) in [5.41, 5.74) is 11.9. The van der Waals surface area contributed by atoms with Gasteiger partial charge in [-0.15, -0.1) is 0 Å². The van der Waals surface area contributed by atoms with E-state index in [0.717, 1.165) is 25.1 Å². The third-order valence-corrected chi connectivity index (χ3v) is 4.31. The number of hydrogen-bond acceptors (Lipinski definition) is 2. The number of aryl methyl sites for hydroxylation is 3. The Labute approximate surface area is 128 Å². The minimum absolute atomic E-state index is 0.695. The van der Waals surface area contributed by atoms with Crippen molar-refractivity contribution in [2.75, 3.05) is 6.54 Å². The van der Waals surface area contributed by atoms with E-state index >= 15 is 0 Å². The van der Waals surface area contributed by atoms with Crippen LogP contribution in [0.3, 0.4) is 0 Å². The average Bonchev–Trinajstić information content (AvgIpc) is 2.71. The van der Waals surface area contributed by atoms with Crippen molar-refractivity contribution < 1.29 is 0 Å². The minimum atomic E-state index is 0.695. The van der Waals surface area contributed by atoms with Crippen LogP contribution in [0.25, 0.3) is 11.1 Å². The maximum atomic E-state index is 5.62. The lowest BCUT2D eigenvalue weighted by molar-refractivity contribution is 0.500. The third kappa shape index (κ3) is 3.73. The predicted molar refractivity (Wildman–Crippen MR) is 89.3 cm³/mol. The van der Waals surface area contributed by atoms with E-state index in [-0.39, 0.29) is 0 Å². The van der Waals surface area contributed by atoms with Crippen LogP contribution in [0.4, 0.5) is 0 Å². The van der Waals surface area contributed by atoms with E-state index in [9.17, 15) is 0 Å². The zero-order valence-corrected chi connectivity index (χ0v) is 13.7. The molecule has 0 fully saturated rings. The topological polar surface area (TPSA) is 43.8 Å². The van der Waals surface area contributed by atoms with Gasteiger partial charge in [-0.2, -0.15) is 5.10 Å². The molecule has 1 heterocycles. The first-order valence-corrected chi connectivity index (χ1v) is 7.82. The molecule has 0 saturated heterocycles. The van der Waals surface area contributed by atoms with E-state index in [0.29, 0.717) is 5.92 Å². The fourth-order valence-corrected chi connectivity index (χ4v) is 2.92. The molecule has 0 aliphatic heterocycles. The Morgan fingerprint density at radius 3 is 2.62 bits per heavy atom. The molecule has 2 rings (SSSR count). The van der Waals surface area contributed by atoms with Crippen molar-refractivity contribution in [3.8, 4) is 11.1 Å². The quantitative estimate of drug-likeness (QED) is 0.881. The van der Waals surface area contributed by atoms with Gasteiger partial charge in [0, 0.05) is 18.3 Å². The fraction of sp³-hybridized carbons (Fsp3) is 0.500. The van der Waals surface area contributed by atoms with Gasteiger partial charge in [-0.25, -0.2) is 0 Å². The van der Waals surface area contributed by atoms with E-state index in [2.05, 4.69) is 50.1 Å². The maximum absolute atomic E-state index is 5.62. The molecule has 3 nitrogen and oxygen atoms in total. The van der Waals surface area contributed by atoms with Gasteiger partial charge in [0.2, 0.25) is 0 Å². The van der Waals surface area contributed by atoms with Gasteiger partial charge in [-0.1, -0.05) is 31.2 Å². The molecule has 0 aliphatic carbocycles. The molecule has 1 aromatic carbocycles. The maximum Gasteiger partial charge on any atom is 0.0674 e. The van der Waals surface area contributed by atoms with Gasteiger partial charge in [0.25, 0.3) is 0 Å². The van der Waals surface area contributed by atoms with Crippen LogP contribution >= 0.6 is 0 Å². The van der Waals surface area contributed by atoms with Crippen LogP contribution < -0.4 is 5.73 Å². The SMILES string of the molecule is Cc1nn(C)c(C)c1-c1cccc(CCC(C)CCN)c1. The van der Waals surface area contributed by atoms with Crippen LogP contribution in [-0.2, 0) is 13.5 Å². The highest BCUT2D eigenvalue weighted by atomic mass is 15.3. The van der Waals surface area contributed by atoms with Crippen LogP contribution in [0, 0.1) is 19.8 Å². The van der Waals surface area contributed by atoms with Crippen LogP contribution in [0.2, 0.25) is 0 Å². The smallest absolute Gasteiger partial charge is 0.0674 e. The molecule has 3 heteroatoms. The van der Waals surface area contributed by atoms with Crippen molar-refractivity contribution in [3.63, 3.8) is 0 Å². The molecule has 0 bridgehead atoms. The number of hydrogen-bond donors (Lipinski definition) is 1. The van der Waals surface area contributed by atoms with Gasteiger partial charge in [0.1, 0.15) is 0 Å². The van der Waals surface area contributed by atoms with Crippen molar-refractivity contribution in [1.82, 2.24) is 9.78 Å². The molecule has 1 unspecified atom stereocenters. The summed E-state index contributed by atoms with van der Waals surface area (Å²) >= 11 is 0. The first kappa shape index (κ1) is 15.8. The molecule has 0 amide bonds. The molecular formula is C18H27N3. The molecule has 0 aliphatic rings. The highest BCUT2D eigenvalue weighted by molar-refractivity contribution is 5.69. The average molecular weight is 285 g/mol. The summed E-state index contributed by atoms with van der Waals surface area (Å²) in [6.07, 6.45) is 3.43. The fourth-order valence-electron chi connectivity index (χ4n) is 2.92. The zero-order chi connectivity index (χ0) is 15.4. The Balaban J connectivity index is 2.18. The summed E-state index contributed by atoms with van der Waals surface area (Å²) in [6, 6.07) is 8.87. The molecule has 114 valence electrons. The number of benzene rings is 1. The van der Waals surface area contributed by atoms with Gasteiger partial charge >= 0.3 is 0 Å². The van der Waals surface area contributed by atoms with Crippen molar-refractivity contribution in [3.05, 3.63) is 41.2 Å². The van der Waals surface area contributed by atoms with Gasteiger partial charge in [-0.05, 0) is 56.7 Å². The first-order valence-electron chi connectivity index (χ1n) is 7.82. The van der Waals surface area contributed by atoms with Gasteiger partial charge in [0.15, 0.2) is 0 Å². The first-order chi connectivity index (χ1) is 10.0. The number of nitrogens with zero attached hydrogens (tertiary/aromatic N) is 2. The highest BCUT2D eigenvalue weighted by Gasteiger charge is 2.12. The predicted octanol–water partition coefficient (Wildman–Crippen LogP) is 3.62. The lowest BCUT2D eigenvalue weighted by atomic mass is 9.95. The molecule has 2 N–H and O–H groups in total. The highest BCUT2D eigenvalue weighted by Crippen LogP contribution is 2.27. The van der Waals surface area contributed by atoms with Gasteiger partial charge in [0.05, 0.1) is 5.69 Å². The summed E-state index contributed by atoms with van der Waals surface area (Å²) in [7, 11) is 2.00. The number of nitrogens with two attached hydrogens (primary N) is 1. The Bertz CT molecular complexity index is 599. The van der Waals surface area contributed by atoms with Crippen LogP contribution in [0.15, 0.2) is 24.3 Å². The van der Waals surface area contributed by atoms with Crippen molar-refractivity contribution >= 4 is 0 Å². The normalized spacial score (nSPS) is 12.6. The summed E-state index contributed by atoms with van der Waals surface area (Å²) in [6.45, 7) is 7.28. The standard InChI is InChI=1S/C18H27N3/c1-13(10-11-19)8-9-16-6-5-7-17(12-16)18-14(2)20-21(4)15(18)3/h5-7,12-13H,8-11,19H2,1-4H3. The Morgan fingerprint density at radius 1 is 1.24 bits per heavy atom. The minimum Gasteiger partial charge on any atom is -0.330 e. The molecule has 2 aromatic rings.